The van der Waals surface area contributed by atoms with Gasteiger partial charge < -0.3 is 9.97 Å². The van der Waals surface area contributed by atoms with E-state index in [4.69, 9.17) is 4.11 Å². The van der Waals surface area contributed by atoms with E-state index in [-0.39, 0.29) is 20.1 Å². The second-order valence-electron chi connectivity index (χ2n) is 6.78. The van der Waals surface area contributed by atoms with Crippen LogP contribution in [0.3, 0.4) is 0 Å². The number of benzene rings is 3. The van der Waals surface area contributed by atoms with E-state index in [2.05, 4.69) is 40.3 Å². The summed E-state index contributed by atoms with van der Waals surface area (Å²) < 4.78 is 21.7. The van der Waals surface area contributed by atoms with Crippen LogP contribution in [0.1, 0.15) is 9.68 Å². The van der Waals surface area contributed by atoms with E-state index in [1.54, 1.807) is 18.3 Å². The maximum Gasteiger partial charge on any atom is 0.0177 e. The molecule has 0 atom stereocenters. The summed E-state index contributed by atoms with van der Waals surface area (Å²) in [5.41, 5.74) is 6.25. The second-order valence-corrected chi connectivity index (χ2v) is 6.78. The molecule has 0 aliphatic heterocycles. The SMILES string of the molecule is [2H]C([2H])([2H])c1c[c-]c(-c2ccccn2)cc1.[Ir].[c-]1ccccc1-c1cc(-c2ccccc2)ccn1. The van der Waals surface area contributed by atoms with Crippen molar-refractivity contribution in [1.82, 2.24) is 9.97 Å². The van der Waals surface area contributed by atoms with Crippen LogP contribution in [0.2, 0.25) is 0 Å². The minimum atomic E-state index is -2.07. The molecule has 0 saturated heterocycles. The summed E-state index contributed by atoms with van der Waals surface area (Å²) >= 11 is 0. The van der Waals surface area contributed by atoms with E-state index >= 15 is 0 Å². The number of nitrogens with zero attached hydrogens (tertiary/aromatic N) is 2. The third-order valence-corrected chi connectivity index (χ3v) is 4.61. The summed E-state index contributed by atoms with van der Waals surface area (Å²) in [6, 6.07) is 38.9. The fraction of sp³-hybridized carbons (Fsp3) is 0.0345. The van der Waals surface area contributed by atoms with Crippen LogP contribution >= 0.6 is 0 Å². The molecule has 0 bridgehead atoms. The molecule has 2 nitrogen and oxygen atoms in total. The van der Waals surface area contributed by atoms with Crippen molar-refractivity contribution < 1.29 is 24.2 Å². The van der Waals surface area contributed by atoms with Gasteiger partial charge in [0.25, 0.3) is 0 Å². The molecule has 5 rings (SSSR count). The zero-order valence-corrected chi connectivity index (χ0v) is 19.6. The predicted molar refractivity (Wildman–Crippen MR) is 127 cm³/mol. The molecular formula is C29H22IrN2-2. The molecular weight excluding hydrogens is 569 g/mol. The van der Waals surface area contributed by atoms with E-state index in [1.807, 2.05) is 72.9 Å². The maximum atomic E-state index is 7.25. The van der Waals surface area contributed by atoms with Crippen LogP contribution in [0.5, 0.6) is 0 Å². The summed E-state index contributed by atoms with van der Waals surface area (Å²) in [5.74, 6) is 0. The molecule has 0 fully saturated rings. The zero-order valence-electron chi connectivity index (χ0n) is 20.2. The zero-order chi connectivity index (χ0) is 23.8. The molecule has 2 aromatic heterocycles. The second kappa shape index (κ2) is 11.9. The van der Waals surface area contributed by atoms with Gasteiger partial charge in [0.1, 0.15) is 0 Å². The largest absolute Gasteiger partial charge is 0.305 e. The van der Waals surface area contributed by atoms with Gasteiger partial charge >= 0.3 is 0 Å². The first-order valence-corrected chi connectivity index (χ1v) is 9.93. The van der Waals surface area contributed by atoms with Crippen molar-refractivity contribution in [2.24, 2.45) is 0 Å². The van der Waals surface area contributed by atoms with Gasteiger partial charge in [0.15, 0.2) is 0 Å². The number of hydrogen-bond donors (Lipinski definition) is 0. The summed E-state index contributed by atoms with van der Waals surface area (Å²) in [5, 5.41) is 0. The molecule has 0 N–H and O–H groups in total. The van der Waals surface area contributed by atoms with Gasteiger partial charge in [-0.2, -0.15) is 0 Å². The number of aryl methyl sites for hydroxylation is 1. The Morgan fingerprint density at radius 2 is 1.44 bits per heavy atom. The fourth-order valence-electron chi connectivity index (χ4n) is 3.05. The van der Waals surface area contributed by atoms with E-state index in [0.717, 1.165) is 22.5 Å². The molecule has 3 heteroatoms. The molecule has 0 saturated carbocycles. The van der Waals surface area contributed by atoms with Gasteiger partial charge in [-0.25, -0.2) is 0 Å². The van der Waals surface area contributed by atoms with Gasteiger partial charge in [0.05, 0.1) is 0 Å². The van der Waals surface area contributed by atoms with Gasteiger partial charge in [-0.15, -0.1) is 71.3 Å². The quantitative estimate of drug-likeness (QED) is 0.209. The van der Waals surface area contributed by atoms with Gasteiger partial charge in [-0.3, -0.25) is 0 Å². The minimum absolute atomic E-state index is 0. The van der Waals surface area contributed by atoms with Crippen LogP contribution in [0.15, 0.2) is 116 Å². The maximum absolute atomic E-state index is 7.25. The standard InChI is InChI=1S/C17H12N.C12H10N.Ir/c1-3-7-14(8-4-1)16-11-12-18-17(13-16)15-9-5-2-6-10-15;1-10-5-7-11(8-6-10)12-4-2-3-9-13-12;/h1-9,11-13H;2-7,9H,1H3;/q2*-1;/i;1D3;. The average molecular weight is 594 g/mol. The molecule has 32 heavy (non-hydrogen) atoms. The van der Waals surface area contributed by atoms with Crippen molar-refractivity contribution in [3.05, 3.63) is 133 Å². The van der Waals surface area contributed by atoms with E-state index in [1.165, 1.54) is 17.2 Å². The van der Waals surface area contributed by atoms with Gasteiger partial charge in [-0.1, -0.05) is 55.4 Å². The molecule has 0 unspecified atom stereocenters. The Balaban J connectivity index is 0.000000192. The van der Waals surface area contributed by atoms with Crippen molar-refractivity contribution in [3.8, 4) is 33.6 Å². The topological polar surface area (TPSA) is 25.8 Å². The molecule has 2 heterocycles. The Bertz CT molecular complexity index is 1250. The van der Waals surface area contributed by atoms with E-state index in [0.29, 0.717) is 5.56 Å². The molecule has 0 amide bonds. The molecule has 5 aromatic rings. The van der Waals surface area contributed by atoms with Crippen LogP contribution in [0.4, 0.5) is 0 Å². The smallest absolute Gasteiger partial charge is 0.0177 e. The van der Waals surface area contributed by atoms with Gasteiger partial charge in [-0.05, 0) is 34.6 Å². The van der Waals surface area contributed by atoms with Crippen molar-refractivity contribution in [3.63, 3.8) is 0 Å². The Morgan fingerprint density at radius 1 is 0.656 bits per heavy atom. The van der Waals surface area contributed by atoms with Crippen molar-refractivity contribution in [2.45, 2.75) is 6.85 Å². The number of hydrogen-bond acceptors (Lipinski definition) is 2. The third-order valence-electron chi connectivity index (χ3n) is 4.61. The molecule has 3 aromatic carbocycles. The van der Waals surface area contributed by atoms with Crippen molar-refractivity contribution in [1.29, 1.82) is 0 Å². The molecule has 1 radical (unpaired) electrons. The Morgan fingerprint density at radius 3 is 2.12 bits per heavy atom. The molecule has 159 valence electrons. The monoisotopic (exact) mass is 594 g/mol. The van der Waals surface area contributed by atoms with Crippen LogP contribution in [0, 0.1) is 19.0 Å². The number of rotatable bonds is 3. The van der Waals surface area contributed by atoms with Crippen LogP contribution in [-0.2, 0) is 20.1 Å². The summed E-state index contributed by atoms with van der Waals surface area (Å²) in [4.78, 5) is 8.57. The summed E-state index contributed by atoms with van der Waals surface area (Å²) in [7, 11) is 0. The Kier molecular flexibility index (Phi) is 7.15. The Labute approximate surface area is 207 Å². The first-order chi connectivity index (χ1) is 16.5. The number of pyridine rings is 2. The molecule has 0 aliphatic carbocycles. The van der Waals surface area contributed by atoms with Gasteiger partial charge in [0.2, 0.25) is 0 Å². The fourth-order valence-corrected chi connectivity index (χ4v) is 3.05. The van der Waals surface area contributed by atoms with Crippen LogP contribution in [0.25, 0.3) is 33.6 Å². The first-order valence-electron chi connectivity index (χ1n) is 11.4. The van der Waals surface area contributed by atoms with E-state index < -0.39 is 6.85 Å². The van der Waals surface area contributed by atoms with Crippen LogP contribution < -0.4 is 0 Å². The van der Waals surface area contributed by atoms with Crippen LogP contribution in [-0.4, -0.2) is 9.97 Å². The van der Waals surface area contributed by atoms with Gasteiger partial charge in [0, 0.05) is 36.6 Å². The normalized spacial score (nSPS) is 11.6. The van der Waals surface area contributed by atoms with E-state index in [9.17, 15) is 0 Å². The predicted octanol–water partition coefficient (Wildman–Crippen LogP) is 7.07. The number of aromatic nitrogens is 2. The summed E-state index contributed by atoms with van der Waals surface area (Å²) in [6.45, 7) is -2.07. The van der Waals surface area contributed by atoms with Crippen molar-refractivity contribution in [2.75, 3.05) is 0 Å². The molecule has 0 spiro atoms. The van der Waals surface area contributed by atoms with Crippen molar-refractivity contribution >= 4 is 0 Å². The summed E-state index contributed by atoms with van der Waals surface area (Å²) in [6.07, 6.45) is 3.54. The third kappa shape index (κ3) is 6.31. The first kappa shape index (κ1) is 19.3. The average Bonchev–Trinajstić information content (AvgIpc) is 2.90. The molecule has 0 aliphatic rings. The minimum Gasteiger partial charge on any atom is -0.305 e. The Hall–Kier alpha value is -3.39.